The number of hydrogen-bond acceptors (Lipinski definition) is 3. The van der Waals surface area contributed by atoms with Crippen LogP contribution in [0, 0.1) is 0 Å². The van der Waals surface area contributed by atoms with Gasteiger partial charge in [0.1, 0.15) is 0 Å². The Balaban J connectivity index is 0.967. The molecule has 2 heterocycles. The van der Waals surface area contributed by atoms with E-state index in [9.17, 15) is 0 Å². The normalized spacial score (nSPS) is 14.7. The maximum atomic E-state index is 2.54. The lowest BCUT2D eigenvalue weighted by molar-refractivity contribution is 0.657. The van der Waals surface area contributed by atoms with Crippen molar-refractivity contribution in [2.45, 2.75) is 46.8 Å². The Morgan fingerprint density at radius 3 is 1.75 bits per heavy atom. The predicted molar refractivity (Wildman–Crippen MR) is 291 cm³/mol. The standard InChI is InChI=1S/C66H47NS2/c1-65(2)54-25-11-9-22-47(54)49-35-32-43(39-58(49)65)52(38-42-18-5-3-6-19-42)51-24-17-31-63-64(51)53-40-45(34-37-60(53)68-63)67(44-20-7-4-8-21-44)46-33-36-50-48-23-10-12-26-55(48)66(59(50)41-46)56-27-13-15-29-61(56)69-62-30-16-14-28-57(62)66/h3-37,39-41,52H,38H2,1-2H3. The summed E-state index contributed by atoms with van der Waals surface area (Å²) < 4.78 is 2.62. The molecular weight excluding hydrogens is 871 g/mol. The topological polar surface area (TPSA) is 3.24 Å². The minimum Gasteiger partial charge on any atom is -0.310 e. The summed E-state index contributed by atoms with van der Waals surface area (Å²) in [7, 11) is 0. The van der Waals surface area contributed by atoms with E-state index < -0.39 is 5.41 Å². The number of hydrogen-bond donors (Lipinski definition) is 0. The fourth-order valence-electron chi connectivity index (χ4n) is 12.5. The SMILES string of the molecule is CC1(C)c2ccccc2-c2ccc(C(Cc3ccccc3)c3cccc4sc5ccc(N(c6ccccc6)c6ccc7c(c6)C6(c8ccccc8Sc8ccccc86)c6ccccc6-7)cc5c34)cc21. The largest absolute Gasteiger partial charge is 0.310 e. The predicted octanol–water partition coefficient (Wildman–Crippen LogP) is 18.0. The molecule has 3 aliphatic rings. The third-order valence-electron chi connectivity index (χ3n) is 15.5. The van der Waals surface area contributed by atoms with E-state index in [4.69, 9.17) is 0 Å². The van der Waals surface area contributed by atoms with E-state index in [1.807, 2.05) is 23.1 Å². The number of thiophene rings is 1. The van der Waals surface area contributed by atoms with Crippen LogP contribution < -0.4 is 4.90 Å². The van der Waals surface area contributed by atoms with Crippen LogP contribution in [0.2, 0.25) is 0 Å². The lowest BCUT2D eigenvalue weighted by Gasteiger charge is -2.40. The Morgan fingerprint density at radius 2 is 1.00 bits per heavy atom. The van der Waals surface area contributed by atoms with Crippen LogP contribution in [-0.2, 0) is 17.3 Å². The van der Waals surface area contributed by atoms with Gasteiger partial charge < -0.3 is 4.90 Å². The molecule has 0 bridgehead atoms. The molecule has 0 amide bonds. The van der Waals surface area contributed by atoms with Crippen LogP contribution in [0.4, 0.5) is 17.1 Å². The summed E-state index contributed by atoms with van der Waals surface area (Å²) in [5, 5.41) is 2.65. The van der Waals surface area contributed by atoms with E-state index in [-0.39, 0.29) is 11.3 Å². The van der Waals surface area contributed by atoms with Crippen LogP contribution in [0.3, 0.4) is 0 Å². The minimum atomic E-state index is -0.464. The van der Waals surface area contributed by atoms with Crippen molar-refractivity contribution in [2.24, 2.45) is 0 Å². The first-order chi connectivity index (χ1) is 34.0. The van der Waals surface area contributed by atoms with Gasteiger partial charge in [0, 0.05) is 58.4 Å². The molecule has 328 valence electrons. The van der Waals surface area contributed by atoms with Gasteiger partial charge in [-0.05, 0) is 139 Å². The number of rotatable bonds is 7. The van der Waals surface area contributed by atoms with Gasteiger partial charge in [-0.25, -0.2) is 0 Å². The summed E-state index contributed by atoms with van der Waals surface area (Å²) in [4.78, 5) is 5.11. The maximum absolute atomic E-state index is 2.54. The summed E-state index contributed by atoms with van der Waals surface area (Å²) in [6.45, 7) is 4.79. The molecule has 1 atom stereocenters. The zero-order chi connectivity index (χ0) is 45.8. The van der Waals surface area contributed by atoms with Crippen molar-refractivity contribution in [1.29, 1.82) is 0 Å². The summed E-state index contributed by atoms with van der Waals surface area (Å²) in [5.41, 5.74) is 20.5. The highest BCUT2D eigenvalue weighted by atomic mass is 32.2. The summed E-state index contributed by atoms with van der Waals surface area (Å²) >= 11 is 3.80. The summed E-state index contributed by atoms with van der Waals surface area (Å²) in [5.74, 6) is 0.140. The second-order valence-corrected chi connectivity index (χ2v) is 21.7. The van der Waals surface area contributed by atoms with Gasteiger partial charge in [0.25, 0.3) is 0 Å². The van der Waals surface area contributed by atoms with Crippen LogP contribution in [0.25, 0.3) is 42.4 Å². The smallest absolute Gasteiger partial charge is 0.0736 e. The second kappa shape index (κ2) is 15.5. The Hall–Kier alpha value is -7.43. The molecule has 3 heteroatoms. The number of anilines is 3. The highest BCUT2D eigenvalue weighted by molar-refractivity contribution is 7.99. The van der Waals surface area contributed by atoms with Crippen LogP contribution in [0.15, 0.2) is 240 Å². The van der Waals surface area contributed by atoms with Gasteiger partial charge in [-0.3, -0.25) is 0 Å². The van der Waals surface area contributed by atoms with E-state index >= 15 is 0 Å². The van der Waals surface area contributed by atoms with Crippen molar-refractivity contribution in [3.05, 3.63) is 281 Å². The minimum absolute atomic E-state index is 0.0845. The molecule has 0 saturated heterocycles. The third kappa shape index (κ3) is 6.03. The first-order valence-corrected chi connectivity index (χ1v) is 25.8. The molecule has 11 aromatic rings. The zero-order valence-corrected chi connectivity index (χ0v) is 40.1. The average Bonchev–Trinajstić information content (AvgIpc) is 4.00. The molecule has 69 heavy (non-hydrogen) atoms. The molecule has 0 N–H and O–H groups in total. The van der Waals surface area contributed by atoms with Crippen LogP contribution >= 0.6 is 23.1 Å². The van der Waals surface area contributed by atoms with E-state index in [0.717, 1.165) is 23.5 Å². The van der Waals surface area contributed by atoms with Crippen molar-refractivity contribution < 1.29 is 0 Å². The van der Waals surface area contributed by atoms with Gasteiger partial charge in [0.2, 0.25) is 0 Å². The molecular formula is C66H47NS2. The van der Waals surface area contributed by atoms with Gasteiger partial charge >= 0.3 is 0 Å². The van der Waals surface area contributed by atoms with Crippen LogP contribution in [-0.4, -0.2) is 0 Å². The Bertz CT molecular complexity index is 3800. The lowest BCUT2D eigenvalue weighted by Crippen LogP contribution is -2.32. The van der Waals surface area contributed by atoms with Crippen molar-refractivity contribution in [2.75, 3.05) is 4.90 Å². The quantitative estimate of drug-likeness (QED) is 0.157. The molecule has 0 fully saturated rings. The van der Waals surface area contributed by atoms with Gasteiger partial charge in [-0.2, -0.15) is 0 Å². The average molecular weight is 918 g/mol. The Labute approximate surface area is 412 Å². The third-order valence-corrected chi connectivity index (χ3v) is 17.8. The highest BCUT2D eigenvalue weighted by Crippen LogP contribution is 2.63. The molecule has 0 saturated carbocycles. The van der Waals surface area contributed by atoms with E-state index in [1.165, 1.54) is 102 Å². The fraction of sp³-hybridized carbons (Fsp3) is 0.0909. The van der Waals surface area contributed by atoms with E-state index in [2.05, 4.69) is 249 Å². The van der Waals surface area contributed by atoms with E-state index in [0.29, 0.717) is 0 Å². The summed E-state index contributed by atoms with van der Waals surface area (Å²) in [6, 6.07) is 87.1. The van der Waals surface area contributed by atoms with Crippen molar-refractivity contribution in [3.63, 3.8) is 0 Å². The van der Waals surface area contributed by atoms with E-state index in [1.54, 1.807) is 0 Å². The van der Waals surface area contributed by atoms with Crippen molar-refractivity contribution >= 4 is 60.3 Å². The number of nitrogens with zero attached hydrogens (tertiary/aromatic N) is 1. The van der Waals surface area contributed by atoms with Crippen LogP contribution in [0.5, 0.6) is 0 Å². The van der Waals surface area contributed by atoms with Crippen LogP contribution in [0.1, 0.15) is 69.8 Å². The fourth-order valence-corrected chi connectivity index (χ4v) is 14.8. The van der Waals surface area contributed by atoms with Gasteiger partial charge in [0.15, 0.2) is 0 Å². The van der Waals surface area contributed by atoms with Gasteiger partial charge in [-0.15, -0.1) is 11.3 Å². The molecule has 1 nitrogen and oxygen atoms in total. The summed E-state index contributed by atoms with van der Waals surface area (Å²) in [6.07, 6.45) is 0.906. The Morgan fingerprint density at radius 1 is 0.420 bits per heavy atom. The highest BCUT2D eigenvalue weighted by Gasteiger charge is 2.50. The number of para-hydroxylation sites is 1. The first kappa shape index (κ1) is 40.6. The monoisotopic (exact) mass is 917 g/mol. The molecule has 0 radical (unpaired) electrons. The molecule has 1 spiro atoms. The molecule has 14 rings (SSSR count). The Kier molecular flexibility index (Phi) is 9.15. The molecule has 1 unspecified atom stereocenters. The second-order valence-electron chi connectivity index (χ2n) is 19.5. The molecule has 2 aliphatic carbocycles. The first-order valence-electron chi connectivity index (χ1n) is 24.2. The zero-order valence-electron chi connectivity index (χ0n) is 38.5. The van der Waals surface area contributed by atoms with Gasteiger partial charge in [-0.1, -0.05) is 195 Å². The number of benzene rings is 10. The molecule has 10 aromatic carbocycles. The maximum Gasteiger partial charge on any atom is 0.0736 e. The molecule has 1 aromatic heterocycles. The van der Waals surface area contributed by atoms with Gasteiger partial charge in [0.05, 0.1) is 5.41 Å². The van der Waals surface area contributed by atoms with Crippen molar-refractivity contribution in [3.8, 4) is 22.3 Å². The molecule has 1 aliphatic heterocycles. The van der Waals surface area contributed by atoms with Crippen molar-refractivity contribution in [1.82, 2.24) is 0 Å². The lowest BCUT2D eigenvalue weighted by atomic mass is 9.67. The number of fused-ring (bicyclic) bond motifs is 15.